The highest BCUT2D eigenvalue weighted by Gasteiger charge is 2.47. The van der Waals surface area contributed by atoms with E-state index in [1.807, 2.05) is 35.6 Å². The average Bonchev–Trinajstić information content (AvgIpc) is 2.83. The molecule has 0 spiro atoms. The number of hydrogen-bond donors (Lipinski definition) is 1. The second kappa shape index (κ2) is 5.07. The molecule has 2 saturated heterocycles. The van der Waals surface area contributed by atoms with E-state index in [-0.39, 0.29) is 22.8 Å². The second-order valence-electron chi connectivity index (χ2n) is 4.66. The zero-order valence-corrected chi connectivity index (χ0v) is 11.8. The van der Waals surface area contributed by atoms with E-state index in [0.717, 1.165) is 10.7 Å². The number of benzene rings is 1. The summed E-state index contributed by atoms with van der Waals surface area (Å²) in [5, 5.41) is 11.1. The first-order valence-electron chi connectivity index (χ1n) is 6.00. The highest BCUT2D eigenvalue weighted by Crippen LogP contribution is 2.26. The molecule has 2 aliphatic heterocycles. The van der Waals surface area contributed by atoms with Crippen molar-refractivity contribution in [3.05, 3.63) is 35.9 Å². The Morgan fingerprint density at radius 2 is 2.05 bits per heavy atom. The van der Waals surface area contributed by atoms with Gasteiger partial charge in [-0.2, -0.15) is 5.10 Å². The minimum atomic E-state index is -2.84. The number of sulfone groups is 1. The van der Waals surface area contributed by atoms with Gasteiger partial charge >= 0.3 is 0 Å². The molecule has 0 aliphatic carbocycles. The average molecular weight is 296 g/mol. The van der Waals surface area contributed by atoms with Crippen molar-refractivity contribution < 1.29 is 13.7 Å². The number of quaternary nitrogens is 1. The zero-order valence-electron chi connectivity index (χ0n) is 10.1. The molecule has 2 heterocycles. The van der Waals surface area contributed by atoms with Gasteiger partial charge in [-0.05, 0) is 17.3 Å². The summed E-state index contributed by atoms with van der Waals surface area (Å²) >= 11 is 1.52. The number of nitrogens with two attached hydrogens (primary N) is 1. The third kappa shape index (κ3) is 3.05. The van der Waals surface area contributed by atoms with Crippen LogP contribution in [0.3, 0.4) is 0 Å². The first-order chi connectivity index (χ1) is 9.12. The SMILES string of the molecule is O=S1(=O)C[C@@H]2S/C(=N\N=C\c3ccccc3)[NH2+][C@@H]2C1. The molecule has 0 aromatic heterocycles. The predicted molar refractivity (Wildman–Crippen MR) is 77.2 cm³/mol. The molecule has 0 amide bonds. The maximum absolute atomic E-state index is 11.4. The van der Waals surface area contributed by atoms with Crippen LogP contribution in [0.25, 0.3) is 0 Å². The Hall–Kier alpha value is -1.18. The molecule has 19 heavy (non-hydrogen) atoms. The van der Waals surface area contributed by atoms with E-state index in [4.69, 9.17) is 0 Å². The van der Waals surface area contributed by atoms with Gasteiger partial charge in [0.15, 0.2) is 9.84 Å². The van der Waals surface area contributed by atoms with E-state index < -0.39 is 9.84 Å². The third-order valence-corrected chi connectivity index (χ3v) is 6.38. The van der Waals surface area contributed by atoms with Gasteiger partial charge in [-0.25, -0.2) is 8.42 Å². The van der Waals surface area contributed by atoms with E-state index in [0.29, 0.717) is 0 Å². The smallest absolute Gasteiger partial charge is 0.280 e. The van der Waals surface area contributed by atoms with Crippen molar-refractivity contribution in [3.63, 3.8) is 0 Å². The molecule has 2 fully saturated rings. The maximum Gasteiger partial charge on any atom is 0.280 e. The fourth-order valence-corrected chi connectivity index (χ4v) is 6.07. The predicted octanol–water partition coefficient (Wildman–Crippen LogP) is -0.148. The Morgan fingerprint density at radius 1 is 1.26 bits per heavy atom. The van der Waals surface area contributed by atoms with E-state index in [9.17, 15) is 8.42 Å². The summed E-state index contributed by atoms with van der Waals surface area (Å²) in [5.41, 5.74) is 0.998. The lowest BCUT2D eigenvalue weighted by atomic mass is 10.2. The monoisotopic (exact) mass is 296 g/mol. The lowest BCUT2D eigenvalue weighted by Gasteiger charge is -1.96. The number of fused-ring (bicyclic) bond motifs is 1. The van der Waals surface area contributed by atoms with Crippen molar-refractivity contribution >= 4 is 33.0 Å². The standard InChI is InChI=1S/C12H13N3O2S2/c16-19(17)7-10-11(8-19)18-12(14-10)15-13-6-9-4-2-1-3-5-9/h1-6,10-11H,7-8H2,(H,14,15)/p+1/b13-6+/t10-,11+/m1/s1. The summed E-state index contributed by atoms with van der Waals surface area (Å²) in [4.78, 5) is 0. The van der Waals surface area contributed by atoms with Crippen LogP contribution >= 0.6 is 11.8 Å². The molecule has 5 nitrogen and oxygen atoms in total. The number of amidine groups is 1. The van der Waals surface area contributed by atoms with Crippen molar-refractivity contribution in [2.45, 2.75) is 11.3 Å². The summed E-state index contributed by atoms with van der Waals surface area (Å²) in [6, 6.07) is 9.86. The first kappa shape index (κ1) is 12.8. The van der Waals surface area contributed by atoms with Crippen LogP contribution in [0.5, 0.6) is 0 Å². The molecule has 0 unspecified atom stereocenters. The van der Waals surface area contributed by atoms with Crippen molar-refractivity contribution in [2.24, 2.45) is 10.2 Å². The van der Waals surface area contributed by atoms with Crippen LogP contribution < -0.4 is 5.32 Å². The largest absolute Gasteiger partial charge is 0.286 e. The molecule has 1 aromatic carbocycles. The number of thioether (sulfide) groups is 1. The Kier molecular flexibility index (Phi) is 3.42. The number of hydrogen-bond acceptors (Lipinski definition) is 5. The summed E-state index contributed by atoms with van der Waals surface area (Å²) < 4.78 is 22.9. The van der Waals surface area contributed by atoms with Crippen LogP contribution in [0.1, 0.15) is 5.56 Å². The van der Waals surface area contributed by atoms with E-state index in [2.05, 4.69) is 10.2 Å². The zero-order chi connectivity index (χ0) is 13.3. The fraction of sp³-hybridized carbons (Fsp3) is 0.333. The molecule has 0 radical (unpaired) electrons. The Bertz CT molecular complexity index is 604. The molecule has 100 valence electrons. The van der Waals surface area contributed by atoms with Crippen LogP contribution in [0.15, 0.2) is 40.5 Å². The minimum Gasteiger partial charge on any atom is -0.286 e. The normalized spacial score (nSPS) is 31.1. The molecule has 2 atom stereocenters. The van der Waals surface area contributed by atoms with Gasteiger partial charge in [0.25, 0.3) is 5.17 Å². The molecular weight excluding hydrogens is 282 g/mol. The Balaban J connectivity index is 1.64. The van der Waals surface area contributed by atoms with Gasteiger partial charge in [0.1, 0.15) is 11.8 Å². The van der Waals surface area contributed by atoms with Crippen LogP contribution in [0.4, 0.5) is 0 Å². The fourth-order valence-electron chi connectivity index (χ4n) is 2.25. The molecule has 0 saturated carbocycles. The van der Waals surface area contributed by atoms with Crippen molar-refractivity contribution in [2.75, 3.05) is 11.5 Å². The lowest BCUT2D eigenvalue weighted by molar-refractivity contribution is -0.563. The van der Waals surface area contributed by atoms with E-state index in [1.54, 1.807) is 6.21 Å². The summed E-state index contributed by atoms with van der Waals surface area (Å²) in [5.74, 6) is 0.520. The molecule has 7 heteroatoms. The molecule has 2 aliphatic rings. The van der Waals surface area contributed by atoms with Crippen molar-refractivity contribution in [1.82, 2.24) is 0 Å². The maximum atomic E-state index is 11.4. The summed E-state index contributed by atoms with van der Waals surface area (Å²) in [6.07, 6.45) is 1.70. The number of rotatable bonds is 2. The quantitative estimate of drug-likeness (QED) is 0.609. The van der Waals surface area contributed by atoms with Crippen LogP contribution in [0.2, 0.25) is 0 Å². The van der Waals surface area contributed by atoms with Crippen LogP contribution in [-0.2, 0) is 9.84 Å². The van der Waals surface area contributed by atoms with Crippen LogP contribution in [0, 0.1) is 0 Å². The van der Waals surface area contributed by atoms with Gasteiger partial charge in [0, 0.05) is 0 Å². The van der Waals surface area contributed by atoms with E-state index in [1.165, 1.54) is 11.8 Å². The molecule has 0 bridgehead atoms. The van der Waals surface area contributed by atoms with Gasteiger partial charge in [-0.3, -0.25) is 5.32 Å². The first-order valence-corrected chi connectivity index (χ1v) is 8.70. The Morgan fingerprint density at radius 3 is 2.79 bits per heavy atom. The highest BCUT2D eigenvalue weighted by atomic mass is 32.2. The summed E-state index contributed by atoms with van der Waals surface area (Å²) in [7, 11) is -2.84. The second-order valence-corrected chi connectivity index (χ2v) is 8.07. The van der Waals surface area contributed by atoms with Crippen LogP contribution in [-0.4, -0.2) is 42.6 Å². The van der Waals surface area contributed by atoms with Crippen molar-refractivity contribution in [3.8, 4) is 0 Å². The van der Waals surface area contributed by atoms with Crippen molar-refractivity contribution in [1.29, 1.82) is 0 Å². The van der Waals surface area contributed by atoms with E-state index >= 15 is 0 Å². The molecule has 3 rings (SSSR count). The highest BCUT2D eigenvalue weighted by molar-refractivity contribution is 8.15. The Labute approximate surface area is 116 Å². The topological polar surface area (TPSA) is 75.5 Å². The van der Waals surface area contributed by atoms with Gasteiger partial charge < -0.3 is 0 Å². The lowest BCUT2D eigenvalue weighted by Crippen LogP contribution is -2.91. The van der Waals surface area contributed by atoms with Gasteiger partial charge in [0.05, 0.1) is 17.2 Å². The number of nitrogens with zero attached hydrogens (tertiary/aromatic N) is 2. The minimum absolute atomic E-state index is 0.112. The van der Waals surface area contributed by atoms with Gasteiger partial charge in [-0.15, -0.1) is 0 Å². The summed E-state index contributed by atoms with van der Waals surface area (Å²) in [6.45, 7) is 0. The molecule has 1 aromatic rings. The van der Waals surface area contributed by atoms with Gasteiger partial charge in [0.2, 0.25) is 0 Å². The molecule has 2 N–H and O–H groups in total. The molecular formula is C12H14N3O2S2+. The van der Waals surface area contributed by atoms with Gasteiger partial charge in [-0.1, -0.05) is 35.4 Å². The third-order valence-electron chi connectivity index (χ3n) is 3.13.